The summed E-state index contributed by atoms with van der Waals surface area (Å²) >= 11 is 0. The van der Waals surface area contributed by atoms with E-state index in [2.05, 4.69) is 20.5 Å². The number of hydrogen-bond acceptors (Lipinski definition) is 6. The number of para-hydroxylation sites is 1. The minimum absolute atomic E-state index is 0.0157. The first-order valence-electron chi connectivity index (χ1n) is 11.5. The van der Waals surface area contributed by atoms with E-state index in [1.807, 2.05) is 31.2 Å². The zero-order valence-corrected chi connectivity index (χ0v) is 18.3. The molecule has 6 rings (SSSR count). The largest absolute Gasteiger partial charge is 0.379 e. The van der Waals surface area contributed by atoms with Crippen LogP contribution in [0.25, 0.3) is 22.3 Å². The number of anilines is 1. The van der Waals surface area contributed by atoms with E-state index in [-0.39, 0.29) is 5.91 Å². The number of H-pyrrole nitrogens is 1. The SMILES string of the molecule is Cc1nc2cccc(-c3cc4c([nH]3)CCNC4=O)c2nc1NC1CC(N2CCOCC2)C1. The van der Waals surface area contributed by atoms with Crippen molar-refractivity contribution in [2.45, 2.75) is 38.3 Å². The number of ether oxygens (including phenoxy) is 1. The van der Waals surface area contributed by atoms with Gasteiger partial charge in [-0.25, -0.2) is 9.97 Å². The Balaban J connectivity index is 1.27. The summed E-state index contributed by atoms with van der Waals surface area (Å²) in [6.45, 7) is 6.44. The van der Waals surface area contributed by atoms with Gasteiger partial charge in [-0.1, -0.05) is 12.1 Å². The first-order chi connectivity index (χ1) is 15.7. The molecule has 2 fully saturated rings. The van der Waals surface area contributed by atoms with E-state index in [1.165, 1.54) is 0 Å². The Labute approximate surface area is 186 Å². The van der Waals surface area contributed by atoms with Crippen LogP contribution < -0.4 is 10.6 Å². The minimum atomic E-state index is -0.0157. The predicted molar refractivity (Wildman–Crippen MR) is 123 cm³/mol. The fourth-order valence-electron chi connectivity index (χ4n) is 5.10. The number of carbonyl (C=O) groups excluding carboxylic acids is 1. The van der Waals surface area contributed by atoms with Gasteiger partial charge in [-0.2, -0.15) is 0 Å². The summed E-state index contributed by atoms with van der Waals surface area (Å²) in [5.74, 6) is 0.836. The summed E-state index contributed by atoms with van der Waals surface area (Å²) in [6, 6.07) is 9.03. The van der Waals surface area contributed by atoms with Gasteiger partial charge >= 0.3 is 0 Å². The minimum Gasteiger partial charge on any atom is -0.379 e. The van der Waals surface area contributed by atoms with Crippen LogP contribution in [-0.4, -0.2) is 70.7 Å². The smallest absolute Gasteiger partial charge is 0.253 e. The number of fused-ring (bicyclic) bond motifs is 2. The highest BCUT2D eigenvalue weighted by molar-refractivity contribution is 5.99. The third-order valence-electron chi connectivity index (χ3n) is 6.98. The first kappa shape index (κ1) is 19.7. The van der Waals surface area contributed by atoms with E-state index in [4.69, 9.17) is 14.7 Å². The summed E-state index contributed by atoms with van der Waals surface area (Å²) in [5, 5.41) is 6.55. The van der Waals surface area contributed by atoms with Crippen LogP contribution in [0.15, 0.2) is 24.3 Å². The third kappa shape index (κ3) is 3.43. The lowest BCUT2D eigenvalue weighted by atomic mass is 9.85. The van der Waals surface area contributed by atoms with Crippen molar-refractivity contribution >= 4 is 22.8 Å². The van der Waals surface area contributed by atoms with Crippen molar-refractivity contribution in [3.05, 3.63) is 41.2 Å². The Hall–Kier alpha value is -2.97. The molecule has 2 aromatic heterocycles. The quantitative estimate of drug-likeness (QED) is 0.586. The number of amides is 1. The van der Waals surface area contributed by atoms with Crippen LogP contribution in [0.1, 0.15) is 34.6 Å². The van der Waals surface area contributed by atoms with Crippen molar-refractivity contribution in [3.63, 3.8) is 0 Å². The van der Waals surface area contributed by atoms with E-state index in [0.717, 1.165) is 90.6 Å². The molecule has 0 radical (unpaired) electrons. The van der Waals surface area contributed by atoms with Crippen LogP contribution in [0.4, 0.5) is 5.82 Å². The van der Waals surface area contributed by atoms with Gasteiger partial charge in [-0.3, -0.25) is 9.69 Å². The summed E-state index contributed by atoms with van der Waals surface area (Å²) < 4.78 is 5.48. The van der Waals surface area contributed by atoms with E-state index in [0.29, 0.717) is 18.6 Å². The van der Waals surface area contributed by atoms with Crippen molar-refractivity contribution in [2.75, 3.05) is 38.2 Å². The van der Waals surface area contributed by atoms with E-state index in [9.17, 15) is 4.79 Å². The molecule has 1 amide bonds. The van der Waals surface area contributed by atoms with Crippen molar-refractivity contribution in [1.82, 2.24) is 25.2 Å². The van der Waals surface area contributed by atoms with Gasteiger partial charge in [0.15, 0.2) is 0 Å². The molecule has 1 aliphatic carbocycles. The molecule has 1 saturated carbocycles. The summed E-state index contributed by atoms with van der Waals surface area (Å²) in [7, 11) is 0. The maximum Gasteiger partial charge on any atom is 0.253 e. The van der Waals surface area contributed by atoms with Crippen LogP contribution in [-0.2, 0) is 11.2 Å². The Morgan fingerprint density at radius 2 is 2.00 bits per heavy atom. The van der Waals surface area contributed by atoms with Crippen LogP contribution >= 0.6 is 0 Å². The standard InChI is InChI=1S/C24H28N6O2/c1-14-23(27-15-11-16(12-15)30-7-9-32-10-8-30)29-22-17(3-2-4-20(22)26-14)21-13-18-19(28-21)5-6-25-24(18)31/h2-4,13,15-16,28H,5-12H2,1H3,(H,25,31)(H,27,29). The molecule has 3 aliphatic rings. The first-order valence-corrected chi connectivity index (χ1v) is 11.5. The number of nitrogens with zero attached hydrogens (tertiary/aromatic N) is 3. The number of morpholine rings is 1. The Morgan fingerprint density at radius 3 is 2.81 bits per heavy atom. The predicted octanol–water partition coefficient (Wildman–Crippen LogP) is 2.49. The lowest BCUT2D eigenvalue weighted by Gasteiger charge is -2.44. The maximum atomic E-state index is 12.2. The molecule has 1 saturated heterocycles. The monoisotopic (exact) mass is 432 g/mol. The van der Waals surface area contributed by atoms with Crippen molar-refractivity contribution in [1.29, 1.82) is 0 Å². The Kier molecular flexibility index (Phi) is 4.84. The van der Waals surface area contributed by atoms with Gasteiger partial charge in [0.05, 0.1) is 30.0 Å². The lowest BCUT2D eigenvalue weighted by molar-refractivity contribution is -0.00439. The third-order valence-corrected chi connectivity index (χ3v) is 6.98. The molecule has 32 heavy (non-hydrogen) atoms. The van der Waals surface area contributed by atoms with Crippen LogP contribution in [0, 0.1) is 6.92 Å². The maximum absolute atomic E-state index is 12.2. The molecule has 166 valence electrons. The molecule has 2 aliphatic heterocycles. The second-order valence-electron chi connectivity index (χ2n) is 9.03. The number of carbonyl (C=O) groups is 1. The number of nitrogens with one attached hydrogen (secondary N) is 3. The second kappa shape index (κ2) is 7.86. The molecule has 8 heteroatoms. The molecule has 0 bridgehead atoms. The van der Waals surface area contributed by atoms with Gasteiger partial charge in [0, 0.05) is 55.1 Å². The van der Waals surface area contributed by atoms with Crippen LogP contribution in [0.5, 0.6) is 0 Å². The van der Waals surface area contributed by atoms with Crippen molar-refractivity contribution in [3.8, 4) is 11.3 Å². The number of rotatable bonds is 4. The highest BCUT2D eigenvalue weighted by atomic mass is 16.5. The van der Waals surface area contributed by atoms with Crippen molar-refractivity contribution < 1.29 is 9.53 Å². The molecule has 3 aromatic rings. The summed E-state index contributed by atoms with van der Waals surface area (Å²) in [5.41, 5.74) is 6.23. The highest BCUT2D eigenvalue weighted by Crippen LogP contribution is 2.32. The van der Waals surface area contributed by atoms with E-state index in [1.54, 1.807) is 0 Å². The zero-order chi connectivity index (χ0) is 21.7. The van der Waals surface area contributed by atoms with Gasteiger partial charge in [0.2, 0.25) is 0 Å². The van der Waals surface area contributed by atoms with Gasteiger partial charge in [0.1, 0.15) is 11.3 Å². The van der Waals surface area contributed by atoms with Gasteiger partial charge in [0.25, 0.3) is 5.91 Å². The van der Waals surface area contributed by atoms with Gasteiger partial charge in [-0.15, -0.1) is 0 Å². The molecular weight excluding hydrogens is 404 g/mol. The van der Waals surface area contributed by atoms with E-state index >= 15 is 0 Å². The average Bonchev–Trinajstić information content (AvgIpc) is 3.22. The molecule has 0 atom stereocenters. The molecule has 3 N–H and O–H groups in total. The molecule has 1 aromatic carbocycles. The van der Waals surface area contributed by atoms with Gasteiger partial charge < -0.3 is 20.4 Å². The fraction of sp³-hybridized carbons (Fsp3) is 0.458. The summed E-state index contributed by atoms with van der Waals surface area (Å²) in [4.78, 5) is 28.0. The molecule has 0 spiro atoms. The zero-order valence-electron chi connectivity index (χ0n) is 18.3. The summed E-state index contributed by atoms with van der Waals surface area (Å²) in [6.07, 6.45) is 3.06. The highest BCUT2D eigenvalue weighted by Gasteiger charge is 2.34. The number of aromatic amines is 1. The number of aryl methyl sites for hydroxylation is 1. The molecule has 4 heterocycles. The van der Waals surface area contributed by atoms with Crippen LogP contribution in [0.2, 0.25) is 0 Å². The molecular formula is C24H28N6O2. The normalized spacial score (nSPS) is 23.5. The second-order valence-corrected chi connectivity index (χ2v) is 9.03. The molecule has 8 nitrogen and oxygen atoms in total. The average molecular weight is 433 g/mol. The molecule has 0 unspecified atom stereocenters. The number of benzene rings is 1. The van der Waals surface area contributed by atoms with E-state index < -0.39 is 0 Å². The number of hydrogen-bond donors (Lipinski definition) is 3. The number of aromatic nitrogens is 3. The fourth-order valence-corrected chi connectivity index (χ4v) is 5.10. The van der Waals surface area contributed by atoms with Crippen LogP contribution in [0.3, 0.4) is 0 Å². The van der Waals surface area contributed by atoms with Gasteiger partial charge in [-0.05, 0) is 31.9 Å². The topological polar surface area (TPSA) is 95.2 Å². The lowest BCUT2D eigenvalue weighted by Crippen LogP contribution is -2.53. The Morgan fingerprint density at radius 1 is 1.16 bits per heavy atom. The van der Waals surface area contributed by atoms with Crippen molar-refractivity contribution in [2.24, 2.45) is 0 Å². The Bertz CT molecular complexity index is 1180.